The molecule has 0 bridgehead atoms. The lowest BCUT2D eigenvalue weighted by molar-refractivity contribution is -0.126. The summed E-state index contributed by atoms with van der Waals surface area (Å²) in [5.74, 6) is -0.536. The highest BCUT2D eigenvalue weighted by atomic mass is 19.1. The number of carbonyl (C=O) groups excluding carboxylic acids is 2. The second-order valence-corrected chi connectivity index (χ2v) is 7.95. The molecule has 0 unspecified atom stereocenters. The van der Waals surface area contributed by atoms with Gasteiger partial charge in [0.05, 0.1) is 17.9 Å². The van der Waals surface area contributed by atoms with Crippen molar-refractivity contribution >= 4 is 23.2 Å². The van der Waals surface area contributed by atoms with Crippen LogP contribution >= 0.6 is 0 Å². The van der Waals surface area contributed by atoms with Gasteiger partial charge in [-0.2, -0.15) is 0 Å². The average Bonchev–Trinajstić information content (AvgIpc) is 2.70. The van der Waals surface area contributed by atoms with Gasteiger partial charge in [-0.05, 0) is 37.6 Å². The highest BCUT2D eigenvalue weighted by Crippen LogP contribution is 2.30. The fourth-order valence-electron chi connectivity index (χ4n) is 3.81. The maximum atomic E-state index is 13.5. The van der Waals surface area contributed by atoms with Crippen LogP contribution < -0.4 is 15.0 Å². The number of nitrogens with one attached hydrogen (secondary N) is 1. The lowest BCUT2D eigenvalue weighted by Gasteiger charge is -2.42. The SMILES string of the molecule is C[C@]1(O)CCN(CC(=O)N2CC(=O)Nc3ccccc32)C[C@@H]1Oc1cccc(F)c1. The maximum absolute atomic E-state index is 13.5. The third-order valence-electron chi connectivity index (χ3n) is 5.56. The molecule has 2 amide bonds. The minimum Gasteiger partial charge on any atom is -0.486 e. The number of aliphatic hydroxyl groups is 1. The minimum atomic E-state index is -1.11. The molecular weight excluding hydrogens is 389 g/mol. The van der Waals surface area contributed by atoms with Crippen LogP contribution in [0.3, 0.4) is 0 Å². The molecule has 30 heavy (non-hydrogen) atoms. The summed E-state index contributed by atoms with van der Waals surface area (Å²) in [5.41, 5.74) is 0.165. The first-order valence-corrected chi connectivity index (χ1v) is 9.88. The summed E-state index contributed by atoms with van der Waals surface area (Å²) in [6.45, 7) is 2.53. The van der Waals surface area contributed by atoms with Crippen LogP contribution in [0.1, 0.15) is 13.3 Å². The number of ether oxygens (including phenoxy) is 1. The topological polar surface area (TPSA) is 82.1 Å². The van der Waals surface area contributed by atoms with Gasteiger partial charge in [-0.1, -0.05) is 18.2 Å². The van der Waals surface area contributed by atoms with Crippen molar-refractivity contribution in [2.75, 3.05) is 36.4 Å². The molecule has 0 aromatic heterocycles. The van der Waals surface area contributed by atoms with Crippen LogP contribution in [0.5, 0.6) is 5.75 Å². The molecule has 8 heteroatoms. The Labute approximate surface area is 174 Å². The lowest BCUT2D eigenvalue weighted by Crippen LogP contribution is -2.58. The van der Waals surface area contributed by atoms with Gasteiger partial charge >= 0.3 is 0 Å². The van der Waals surface area contributed by atoms with Gasteiger partial charge in [0.1, 0.15) is 29.8 Å². The van der Waals surface area contributed by atoms with Gasteiger partial charge in [-0.25, -0.2) is 4.39 Å². The number of para-hydroxylation sites is 2. The molecule has 2 aromatic rings. The quantitative estimate of drug-likeness (QED) is 0.802. The van der Waals surface area contributed by atoms with E-state index in [4.69, 9.17) is 4.74 Å². The Hall–Kier alpha value is -2.97. The summed E-state index contributed by atoms with van der Waals surface area (Å²) >= 11 is 0. The van der Waals surface area contributed by atoms with E-state index in [1.165, 1.54) is 17.0 Å². The number of rotatable bonds is 4. The molecule has 2 aromatic carbocycles. The second kappa shape index (κ2) is 8.04. The van der Waals surface area contributed by atoms with E-state index in [-0.39, 0.29) is 24.9 Å². The Balaban J connectivity index is 1.46. The largest absolute Gasteiger partial charge is 0.486 e. The van der Waals surface area contributed by atoms with E-state index < -0.39 is 17.5 Å². The van der Waals surface area contributed by atoms with Gasteiger partial charge in [0.15, 0.2) is 0 Å². The highest BCUT2D eigenvalue weighted by molar-refractivity contribution is 6.10. The first kappa shape index (κ1) is 20.3. The Kier molecular flexibility index (Phi) is 5.44. The molecule has 2 aliphatic rings. The van der Waals surface area contributed by atoms with E-state index in [2.05, 4.69) is 5.32 Å². The molecular formula is C22H24FN3O4. The number of carbonyl (C=O) groups is 2. The van der Waals surface area contributed by atoms with E-state index in [1.54, 1.807) is 37.3 Å². The Morgan fingerprint density at radius 2 is 2.10 bits per heavy atom. The number of fused-ring (bicyclic) bond motifs is 1. The molecule has 2 atom stereocenters. The fourth-order valence-corrected chi connectivity index (χ4v) is 3.81. The second-order valence-electron chi connectivity index (χ2n) is 7.95. The number of nitrogens with zero attached hydrogens (tertiary/aromatic N) is 2. The Morgan fingerprint density at radius 3 is 2.90 bits per heavy atom. The summed E-state index contributed by atoms with van der Waals surface area (Å²) in [5, 5.41) is 13.5. The standard InChI is InChI=1S/C22H24FN3O4/c1-22(29)9-10-25(12-19(22)30-16-6-4-5-15(23)11-16)14-21(28)26-13-20(27)24-17-7-2-3-8-18(17)26/h2-8,11,19,29H,9-10,12-14H2,1H3,(H,24,27)/t19-,22-/m0/s1. The van der Waals surface area contributed by atoms with Crippen molar-refractivity contribution in [1.82, 2.24) is 4.90 Å². The molecule has 2 aliphatic heterocycles. The van der Waals surface area contributed by atoms with Gasteiger partial charge in [0.2, 0.25) is 11.8 Å². The number of likely N-dealkylation sites (tertiary alicyclic amines) is 1. The fraction of sp³-hybridized carbons (Fsp3) is 0.364. The third kappa shape index (κ3) is 4.29. The Morgan fingerprint density at radius 1 is 1.30 bits per heavy atom. The van der Waals surface area contributed by atoms with E-state index >= 15 is 0 Å². The van der Waals surface area contributed by atoms with Gasteiger partial charge in [-0.15, -0.1) is 0 Å². The van der Waals surface area contributed by atoms with Gasteiger partial charge in [0, 0.05) is 19.2 Å². The van der Waals surface area contributed by atoms with E-state index in [0.717, 1.165) is 0 Å². The average molecular weight is 413 g/mol. The molecule has 0 aliphatic carbocycles. The zero-order chi connectivity index (χ0) is 21.3. The zero-order valence-electron chi connectivity index (χ0n) is 16.7. The van der Waals surface area contributed by atoms with E-state index in [1.807, 2.05) is 11.0 Å². The van der Waals surface area contributed by atoms with Crippen molar-refractivity contribution in [1.29, 1.82) is 0 Å². The van der Waals surface area contributed by atoms with Gasteiger partial charge in [-0.3, -0.25) is 19.4 Å². The summed E-state index contributed by atoms with van der Waals surface area (Å²) in [6, 6.07) is 12.9. The predicted octanol–water partition coefficient (Wildman–Crippen LogP) is 2.02. The normalized spacial score (nSPS) is 24.2. The third-order valence-corrected chi connectivity index (χ3v) is 5.56. The van der Waals surface area contributed by atoms with Crippen LogP contribution in [-0.4, -0.2) is 59.7 Å². The van der Waals surface area contributed by atoms with Gasteiger partial charge < -0.3 is 15.2 Å². The molecule has 1 fully saturated rings. The lowest BCUT2D eigenvalue weighted by atomic mass is 9.90. The number of benzene rings is 2. The Bertz CT molecular complexity index is 965. The number of anilines is 2. The van der Waals surface area contributed by atoms with Crippen LogP contribution in [0.25, 0.3) is 0 Å². The van der Waals surface area contributed by atoms with Crippen molar-refractivity contribution in [2.45, 2.75) is 25.0 Å². The predicted molar refractivity (Wildman–Crippen MR) is 110 cm³/mol. The summed E-state index contributed by atoms with van der Waals surface area (Å²) in [7, 11) is 0. The molecule has 158 valence electrons. The summed E-state index contributed by atoms with van der Waals surface area (Å²) < 4.78 is 19.3. The highest BCUT2D eigenvalue weighted by Gasteiger charge is 2.40. The van der Waals surface area contributed by atoms with Crippen molar-refractivity contribution in [3.63, 3.8) is 0 Å². The van der Waals surface area contributed by atoms with Crippen molar-refractivity contribution in [3.8, 4) is 5.75 Å². The minimum absolute atomic E-state index is 0.0371. The smallest absolute Gasteiger partial charge is 0.244 e. The first-order chi connectivity index (χ1) is 14.3. The van der Waals surface area contributed by atoms with Crippen molar-refractivity contribution < 1.29 is 23.8 Å². The van der Waals surface area contributed by atoms with Crippen LogP contribution in [0, 0.1) is 5.82 Å². The molecule has 1 saturated heterocycles. The van der Waals surface area contributed by atoms with E-state index in [9.17, 15) is 19.1 Å². The number of piperidine rings is 1. The van der Waals surface area contributed by atoms with Crippen molar-refractivity contribution in [2.24, 2.45) is 0 Å². The molecule has 4 rings (SSSR count). The molecule has 2 heterocycles. The molecule has 0 radical (unpaired) electrons. The summed E-state index contributed by atoms with van der Waals surface area (Å²) in [6.07, 6.45) is -0.227. The molecule has 2 N–H and O–H groups in total. The molecule has 0 spiro atoms. The summed E-state index contributed by atoms with van der Waals surface area (Å²) in [4.78, 5) is 28.4. The van der Waals surface area contributed by atoms with E-state index in [0.29, 0.717) is 36.6 Å². The van der Waals surface area contributed by atoms with Gasteiger partial charge in [0.25, 0.3) is 0 Å². The number of amides is 2. The van der Waals surface area contributed by atoms with Crippen LogP contribution in [0.2, 0.25) is 0 Å². The molecule has 0 saturated carbocycles. The van der Waals surface area contributed by atoms with Crippen molar-refractivity contribution in [3.05, 3.63) is 54.3 Å². The first-order valence-electron chi connectivity index (χ1n) is 9.88. The molecule has 7 nitrogen and oxygen atoms in total. The maximum Gasteiger partial charge on any atom is 0.244 e. The number of halogens is 1. The van der Waals surface area contributed by atoms with Crippen LogP contribution in [0.15, 0.2) is 48.5 Å². The zero-order valence-corrected chi connectivity index (χ0v) is 16.7. The number of hydrogen-bond acceptors (Lipinski definition) is 5. The van der Waals surface area contributed by atoms with Crippen LogP contribution in [-0.2, 0) is 9.59 Å². The number of hydrogen-bond donors (Lipinski definition) is 2. The monoisotopic (exact) mass is 413 g/mol. The van der Waals surface area contributed by atoms with Crippen LogP contribution in [0.4, 0.5) is 15.8 Å².